The van der Waals surface area contributed by atoms with Crippen molar-refractivity contribution in [2.45, 2.75) is 38.0 Å². The molecule has 10 nitrogen and oxygen atoms in total. The van der Waals surface area contributed by atoms with E-state index in [1.807, 2.05) is 12.1 Å². The molecule has 0 bridgehead atoms. The van der Waals surface area contributed by atoms with Crippen molar-refractivity contribution in [3.8, 4) is 5.75 Å². The van der Waals surface area contributed by atoms with Crippen molar-refractivity contribution in [2.75, 3.05) is 6.61 Å². The molecule has 0 atom stereocenters. The number of nitrogens with zero attached hydrogens (tertiary/aromatic N) is 4. The lowest BCUT2D eigenvalue weighted by Gasteiger charge is -2.22. The number of nitro groups is 1. The Hall–Kier alpha value is -4.08. The number of benzene rings is 2. The van der Waals surface area contributed by atoms with Crippen LogP contribution in [-0.4, -0.2) is 33.3 Å². The van der Waals surface area contributed by atoms with Gasteiger partial charge in [-0.25, -0.2) is 4.98 Å². The van der Waals surface area contributed by atoms with Gasteiger partial charge in [-0.05, 0) is 37.1 Å². The van der Waals surface area contributed by atoms with Gasteiger partial charge in [0.25, 0.3) is 11.5 Å². The molecule has 10 heteroatoms. The van der Waals surface area contributed by atoms with Gasteiger partial charge >= 0.3 is 5.69 Å². The molecule has 2 aromatic carbocycles. The van der Waals surface area contributed by atoms with Crippen molar-refractivity contribution in [3.63, 3.8) is 0 Å². The molecule has 0 unspecified atom stereocenters. The Bertz CT molecular complexity index is 1290. The number of para-hydroxylation sites is 1. The van der Waals surface area contributed by atoms with Gasteiger partial charge in [-0.15, -0.1) is 0 Å². The van der Waals surface area contributed by atoms with E-state index in [1.165, 1.54) is 23.0 Å². The number of aromatic nitrogens is 2. The zero-order valence-corrected chi connectivity index (χ0v) is 17.8. The number of nitro benzene ring substituents is 1. The van der Waals surface area contributed by atoms with E-state index in [-0.39, 0.29) is 22.9 Å². The first kappa shape index (κ1) is 22.1. The van der Waals surface area contributed by atoms with Gasteiger partial charge in [0.15, 0.2) is 12.4 Å². The Morgan fingerprint density at radius 3 is 2.73 bits per heavy atom. The van der Waals surface area contributed by atoms with Crippen LogP contribution in [0.25, 0.3) is 10.9 Å². The summed E-state index contributed by atoms with van der Waals surface area (Å²) in [5.41, 5.74) is 5.44. The second-order valence-electron chi connectivity index (χ2n) is 7.92. The zero-order valence-electron chi connectivity index (χ0n) is 17.8. The largest absolute Gasteiger partial charge is 0.477 e. The number of hydrogen-bond acceptors (Lipinski definition) is 7. The van der Waals surface area contributed by atoms with Gasteiger partial charge in [0, 0.05) is 17.5 Å². The maximum Gasteiger partial charge on any atom is 0.311 e. The first-order chi connectivity index (χ1) is 15.9. The Labute approximate surface area is 188 Å². The van der Waals surface area contributed by atoms with Gasteiger partial charge < -0.3 is 10.5 Å². The lowest BCUT2D eigenvalue weighted by atomic mass is 9.88. The van der Waals surface area contributed by atoms with Crippen molar-refractivity contribution in [1.29, 1.82) is 0 Å². The summed E-state index contributed by atoms with van der Waals surface area (Å²) in [4.78, 5) is 39.7. The molecule has 0 aliphatic heterocycles. The summed E-state index contributed by atoms with van der Waals surface area (Å²) in [5, 5.41) is 16.3. The molecule has 33 heavy (non-hydrogen) atoms. The summed E-state index contributed by atoms with van der Waals surface area (Å²) in [6, 6.07) is 11.3. The smallest absolute Gasteiger partial charge is 0.311 e. The first-order valence-electron chi connectivity index (χ1n) is 10.7. The molecule has 4 rings (SSSR count). The normalized spacial score (nSPS) is 14.5. The number of primary amides is 1. The van der Waals surface area contributed by atoms with Gasteiger partial charge in [-0.2, -0.15) is 9.78 Å². The maximum atomic E-state index is 13.2. The summed E-state index contributed by atoms with van der Waals surface area (Å²) < 4.78 is 6.42. The Balaban J connectivity index is 1.75. The highest BCUT2D eigenvalue weighted by atomic mass is 16.6. The van der Waals surface area contributed by atoms with E-state index >= 15 is 0 Å². The van der Waals surface area contributed by atoms with Crippen LogP contribution in [0.1, 0.15) is 49.4 Å². The lowest BCUT2D eigenvalue weighted by molar-refractivity contribution is -0.385. The molecule has 1 aliphatic carbocycles. The van der Waals surface area contributed by atoms with Gasteiger partial charge in [-0.3, -0.25) is 19.7 Å². The maximum absolute atomic E-state index is 13.2. The molecule has 0 spiro atoms. The van der Waals surface area contributed by atoms with E-state index in [2.05, 4.69) is 5.10 Å². The second-order valence-corrected chi connectivity index (χ2v) is 7.92. The monoisotopic (exact) mass is 449 g/mol. The topological polar surface area (TPSA) is 143 Å². The predicted molar refractivity (Wildman–Crippen MR) is 123 cm³/mol. The standard InChI is InChI=1S/C23H23N5O5/c24-21(29)14-33-20-11-10-15(12-19(20)28(31)32)13-25-27-22(16-6-2-1-3-7-16)26-18-9-5-4-8-17(18)23(27)30/h4-5,8-13,16H,1-3,6-7,14H2,(H2,24,29). The summed E-state index contributed by atoms with van der Waals surface area (Å²) in [7, 11) is 0. The third-order valence-corrected chi connectivity index (χ3v) is 5.62. The summed E-state index contributed by atoms with van der Waals surface area (Å²) >= 11 is 0. The predicted octanol–water partition coefficient (Wildman–Crippen LogP) is 3.10. The van der Waals surface area contributed by atoms with Crippen molar-refractivity contribution in [1.82, 2.24) is 9.66 Å². The SMILES string of the molecule is NC(=O)COc1ccc(C=Nn2c(C3CCCCC3)nc3ccccc3c2=O)cc1[N+](=O)[O-]. The third kappa shape index (κ3) is 4.89. The average Bonchev–Trinajstić information content (AvgIpc) is 2.82. The minimum atomic E-state index is -0.742. The van der Waals surface area contributed by atoms with Crippen LogP contribution in [0, 0.1) is 10.1 Å². The molecule has 0 saturated heterocycles. The van der Waals surface area contributed by atoms with Crippen LogP contribution in [0.15, 0.2) is 52.4 Å². The second kappa shape index (κ2) is 9.60. The molecule has 1 aliphatic rings. The fourth-order valence-electron chi connectivity index (χ4n) is 4.03. The molecule has 170 valence electrons. The molecule has 1 saturated carbocycles. The number of amides is 1. The molecule has 1 heterocycles. The number of fused-ring (bicyclic) bond motifs is 1. The van der Waals surface area contributed by atoms with E-state index in [0.29, 0.717) is 22.3 Å². The lowest BCUT2D eigenvalue weighted by Crippen LogP contribution is -2.25. The molecule has 1 fully saturated rings. The first-order valence-corrected chi connectivity index (χ1v) is 10.7. The minimum absolute atomic E-state index is 0.0802. The van der Waals surface area contributed by atoms with E-state index in [0.717, 1.165) is 32.1 Å². The molecular formula is C23H23N5O5. The van der Waals surface area contributed by atoms with Crippen molar-refractivity contribution >= 4 is 28.7 Å². The molecule has 2 N–H and O–H groups in total. The number of ether oxygens (including phenoxy) is 1. The van der Waals surface area contributed by atoms with E-state index < -0.39 is 17.4 Å². The number of carbonyl (C=O) groups excluding carboxylic acids is 1. The van der Waals surface area contributed by atoms with E-state index in [9.17, 15) is 19.7 Å². The quantitative estimate of drug-likeness (QED) is 0.333. The Kier molecular flexibility index (Phi) is 6.43. The Morgan fingerprint density at radius 1 is 1.24 bits per heavy atom. The molecule has 1 amide bonds. The highest BCUT2D eigenvalue weighted by Gasteiger charge is 2.22. The van der Waals surface area contributed by atoms with E-state index in [1.54, 1.807) is 18.2 Å². The minimum Gasteiger partial charge on any atom is -0.477 e. The van der Waals surface area contributed by atoms with Crippen molar-refractivity contribution < 1.29 is 14.5 Å². The highest BCUT2D eigenvalue weighted by molar-refractivity contribution is 5.82. The van der Waals surface area contributed by atoms with Crippen LogP contribution in [0.3, 0.4) is 0 Å². The molecule has 3 aromatic rings. The van der Waals surface area contributed by atoms with Gasteiger partial charge in [0.1, 0.15) is 5.82 Å². The molecular weight excluding hydrogens is 426 g/mol. The van der Waals surface area contributed by atoms with Crippen LogP contribution >= 0.6 is 0 Å². The zero-order chi connectivity index (χ0) is 23.4. The number of rotatable bonds is 7. The van der Waals surface area contributed by atoms with Crippen LogP contribution < -0.4 is 16.0 Å². The Morgan fingerprint density at radius 2 is 2.00 bits per heavy atom. The number of nitrogens with two attached hydrogens (primary N) is 1. The summed E-state index contributed by atoms with van der Waals surface area (Å²) in [6.45, 7) is -0.475. The molecule has 0 radical (unpaired) electrons. The van der Waals surface area contributed by atoms with Gasteiger partial charge in [0.2, 0.25) is 0 Å². The number of hydrogen-bond donors (Lipinski definition) is 1. The van der Waals surface area contributed by atoms with Gasteiger partial charge in [-0.1, -0.05) is 31.4 Å². The average molecular weight is 449 g/mol. The van der Waals surface area contributed by atoms with Crippen molar-refractivity contribution in [2.24, 2.45) is 10.8 Å². The highest BCUT2D eigenvalue weighted by Crippen LogP contribution is 2.32. The van der Waals surface area contributed by atoms with Crippen LogP contribution in [-0.2, 0) is 4.79 Å². The van der Waals surface area contributed by atoms with Crippen LogP contribution in [0.2, 0.25) is 0 Å². The summed E-state index contributed by atoms with van der Waals surface area (Å²) in [6.07, 6.45) is 6.53. The third-order valence-electron chi connectivity index (χ3n) is 5.62. The fourth-order valence-corrected chi connectivity index (χ4v) is 4.03. The van der Waals surface area contributed by atoms with Gasteiger partial charge in [0.05, 0.1) is 22.0 Å². The van der Waals surface area contributed by atoms with Crippen LogP contribution in [0.4, 0.5) is 5.69 Å². The molecule has 1 aromatic heterocycles. The van der Waals surface area contributed by atoms with Crippen molar-refractivity contribution in [3.05, 3.63) is 74.3 Å². The number of carbonyl (C=O) groups is 1. The van der Waals surface area contributed by atoms with E-state index in [4.69, 9.17) is 15.5 Å². The van der Waals surface area contributed by atoms with Crippen LogP contribution in [0.5, 0.6) is 5.75 Å². The fraction of sp³-hybridized carbons (Fsp3) is 0.304. The summed E-state index contributed by atoms with van der Waals surface area (Å²) in [5.74, 6) is -0.102.